The largest absolute Gasteiger partial charge is 0.424 e. The average Bonchev–Trinajstić information content (AvgIpc) is 2.90. The molecule has 4 aromatic carbocycles. The van der Waals surface area contributed by atoms with Crippen LogP contribution < -0.4 is 18.1 Å². The van der Waals surface area contributed by atoms with Gasteiger partial charge in [-0.05, 0) is 47.2 Å². The van der Waals surface area contributed by atoms with E-state index in [4.69, 9.17) is 41.7 Å². The van der Waals surface area contributed by atoms with Gasteiger partial charge in [-0.25, -0.2) is 9.34 Å². The van der Waals surface area contributed by atoms with Crippen LogP contribution in [0.15, 0.2) is 72.8 Å². The highest BCUT2D eigenvalue weighted by atomic mass is 32.5. The van der Waals surface area contributed by atoms with Gasteiger partial charge in [-0.3, -0.25) is 0 Å². The van der Waals surface area contributed by atoms with Crippen molar-refractivity contribution in [1.29, 1.82) is 0 Å². The molecular formula is C28H32N2O4P2S2. The van der Waals surface area contributed by atoms with Gasteiger partial charge in [-0.15, -0.1) is 0 Å². The van der Waals surface area contributed by atoms with Crippen LogP contribution in [0.2, 0.25) is 0 Å². The van der Waals surface area contributed by atoms with Gasteiger partial charge in [0.05, 0.1) is 0 Å². The fourth-order valence-electron chi connectivity index (χ4n) is 4.64. The number of rotatable bonds is 6. The Hall–Kier alpha value is -2.18. The minimum atomic E-state index is -2.96. The van der Waals surface area contributed by atoms with Crippen molar-refractivity contribution >= 4 is 58.4 Å². The molecule has 4 aromatic rings. The highest BCUT2D eigenvalue weighted by molar-refractivity contribution is 8.09. The first-order valence-corrected chi connectivity index (χ1v) is 18.1. The van der Waals surface area contributed by atoms with Gasteiger partial charge in [0.2, 0.25) is 0 Å². The van der Waals surface area contributed by atoms with E-state index >= 15 is 0 Å². The Morgan fingerprint density at radius 2 is 0.947 bits per heavy atom. The summed E-state index contributed by atoms with van der Waals surface area (Å²) in [5, 5.41) is 3.77. The SMILES string of the molecule is CCN(CC)P1(=S)Oc2ccc3cccc(c3c2)OP(=S)(N(CC)CC)Oc2ccc3cccc(c3c2)O1. The number of hydrogen-bond acceptors (Lipinski definition) is 6. The maximum atomic E-state index is 6.68. The van der Waals surface area contributed by atoms with Crippen molar-refractivity contribution in [3.63, 3.8) is 0 Å². The van der Waals surface area contributed by atoms with Crippen LogP contribution in [0.1, 0.15) is 27.7 Å². The van der Waals surface area contributed by atoms with E-state index in [-0.39, 0.29) is 0 Å². The Bertz CT molecular complexity index is 1460. The molecule has 0 saturated heterocycles. The molecule has 2 unspecified atom stereocenters. The van der Waals surface area contributed by atoms with E-state index in [0.717, 1.165) is 21.5 Å². The van der Waals surface area contributed by atoms with Gasteiger partial charge in [0, 0.05) is 60.6 Å². The molecule has 2 atom stereocenters. The number of benzene rings is 4. The summed E-state index contributed by atoms with van der Waals surface area (Å²) in [6.45, 7) is 5.12. The molecule has 5 rings (SSSR count). The number of fused-ring (bicyclic) bond motifs is 2. The van der Waals surface area contributed by atoms with E-state index in [1.807, 2.05) is 72.8 Å². The Labute approximate surface area is 234 Å². The lowest BCUT2D eigenvalue weighted by molar-refractivity contribution is 0.366. The summed E-state index contributed by atoms with van der Waals surface area (Å²) in [6.07, 6.45) is 0. The van der Waals surface area contributed by atoms with Crippen LogP contribution in [0.3, 0.4) is 0 Å². The lowest BCUT2D eigenvalue weighted by atomic mass is 10.1. The standard InChI is InChI=1S/C28H32N2O4P2S2/c1-5-29(6-2)35(37)31-23-17-15-22-12-10-14-28(26(22)19-23)34-36(38,30(7-3)8-4)32-24-18-16-21-11-9-13-27(33-35)25(21)20-24/h9-20H,5-8H2,1-4H3. The average molecular weight is 587 g/mol. The molecule has 10 heteroatoms. The first-order chi connectivity index (χ1) is 18.3. The van der Waals surface area contributed by atoms with Gasteiger partial charge in [-0.2, -0.15) is 0 Å². The van der Waals surface area contributed by atoms with Crippen LogP contribution in [-0.4, -0.2) is 35.5 Å². The first-order valence-electron chi connectivity index (χ1n) is 12.9. The maximum Gasteiger partial charge on any atom is 0.367 e. The molecule has 1 heterocycles. The summed E-state index contributed by atoms with van der Waals surface area (Å²) < 4.78 is 30.8. The zero-order chi connectivity index (χ0) is 26.9. The molecule has 38 heavy (non-hydrogen) atoms. The van der Waals surface area contributed by atoms with Crippen LogP contribution in [0.5, 0.6) is 23.0 Å². The molecule has 4 bridgehead atoms. The number of hydrogen-bond donors (Lipinski definition) is 0. The summed E-state index contributed by atoms with van der Waals surface area (Å²) in [7, 11) is 0. The van der Waals surface area contributed by atoms with Crippen molar-refractivity contribution in [2.24, 2.45) is 0 Å². The minimum absolute atomic E-state index is 0.624. The van der Waals surface area contributed by atoms with Crippen LogP contribution >= 0.6 is 13.3 Å². The fourth-order valence-corrected chi connectivity index (χ4v) is 10.5. The Morgan fingerprint density at radius 1 is 0.553 bits per heavy atom. The summed E-state index contributed by atoms with van der Waals surface area (Å²) >= 11 is 12.4. The van der Waals surface area contributed by atoms with Gasteiger partial charge in [0.25, 0.3) is 0 Å². The predicted octanol–water partition coefficient (Wildman–Crippen LogP) is 8.35. The Morgan fingerprint density at radius 3 is 1.32 bits per heavy atom. The van der Waals surface area contributed by atoms with Gasteiger partial charge in [0.1, 0.15) is 23.0 Å². The molecule has 6 nitrogen and oxygen atoms in total. The fraction of sp³-hybridized carbons (Fsp3) is 0.286. The number of nitrogens with zero attached hydrogens (tertiary/aromatic N) is 2. The van der Waals surface area contributed by atoms with E-state index in [2.05, 4.69) is 37.0 Å². The van der Waals surface area contributed by atoms with Crippen LogP contribution in [-0.2, 0) is 23.6 Å². The van der Waals surface area contributed by atoms with E-state index in [1.165, 1.54) is 0 Å². The van der Waals surface area contributed by atoms with Crippen LogP contribution in [0.4, 0.5) is 0 Å². The summed E-state index contributed by atoms with van der Waals surface area (Å²) in [5.41, 5.74) is 0. The zero-order valence-corrected chi connectivity index (χ0v) is 25.4. The second-order valence-electron chi connectivity index (χ2n) is 8.86. The van der Waals surface area contributed by atoms with E-state index in [9.17, 15) is 0 Å². The third kappa shape index (κ3) is 5.19. The molecule has 0 saturated carbocycles. The molecule has 0 spiro atoms. The van der Waals surface area contributed by atoms with Crippen LogP contribution in [0, 0.1) is 0 Å². The second-order valence-corrected chi connectivity index (χ2v) is 15.4. The molecule has 1 aliphatic rings. The Balaban J connectivity index is 1.78. The summed E-state index contributed by atoms with van der Waals surface area (Å²) in [6, 6.07) is 23.7. The molecule has 0 aromatic heterocycles. The maximum absolute atomic E-state index is 6.68. The molecule has 0 N–H and O–H groups in total. The van der Waals surface area contributed by atoms with E-state index in [0.29, 0.717) is 49.2 Å². The monoisotopic (exact) mass is 586 g/mol. The molecule has 0 fully saturated rings. The van der Waals surface area contributed by atoms with E-state index < -0.39 is 13.3 Å². The molecular weight excluding hydrogens is 554 g/mol. The summed E-state index contributed by atoms with van der Waals surface area (Å²) in [4.78, 5) is 0. The van der Waals surface area contributed by atoms with Crippen molar-refractivity contribution in [2.45, 2.75) is 27.7 Å². The second kappa shape index (κ2) is 11.1. The minimum Gasteiger partial charge on any atom is -0.424 e. The van der Waals surface area contributed by atoms with E-state index in [1.54, 1.807) is 0 Å². The van der Waals surface area contributed by atoms with Crippen LogP contribution in [0.25, 0.3) is 21.5 Å². The highest BCUT2D eigenvalue weighted by Crippen LogP contribution is 2.56. The van der Waals surface area contributed by atoms with Gasteiger partial charge in [-0.1, -0.05) is 64.1 Å². The van der Waals surface area contributed by atoms with Crippen molar-refractivity contribution < 1.29 is 18.1 Å². The normalized spacial score (nSPS) is 21.2. The molecule has 200 valence electrons. The van der Waals surface area contributed by atoms with Gasteiger partial charge in [0.15, 0.2) is 0 Å². The van der Waals surface area contributed by atoms with Crippen molar-refractivity contribution in [1.82, 2.24) is 9.34 Å². The Kier molecular flexibility index (Phi) is 8.02. The van der Waals surface area contributed by atoms with Gasteiger partial charge >= 0.3 is 13.3 Å². The highest BCUT2D eigenvalue weighted by Gasteiger charge is 2.33. The first kappa shape index (κ1) is 27.4. The third-order valence-corrected chi connectivity index (χ3v) is 13.2. The van der Waals surface area contributed by atoms with Crippen molar-refractivity contribution in [2.75, 3.05) is 26.2 Å². The van der Waals surface area contributed by atoms with Crippen molar-refractivity contribution in [3.8, 4) is 23.0 Å². The lowest BCUT2D eigenvalue weighted by Crippen LogP contribution is -2.25. The molecule has 0 amide bonds. The lowest BCUT2D eigenvalue weighted by Gasteiger charge is -2.34. The predicted molar refractivity (Wildman–Crippen MR) is 165 cm³/mol. The smallest absolute Gasteiger partial charge is 0.367 e. The van der Waals surface area contributed by atoms with Crippen molar-refractivity contribution in [3.05, 3.63) is 72.8 Å². The molecule has 0 radical (unpaired) electrons. The molecule has 0 aliphatic carbocycles. The molecule has 1 aliphatic heterocycles. The zero-order valence-electron chi connectivity index (χ0n) is 22.0. The summed E-state index contributed by atoms with van der Waals surface area (Å²) in [5.74, 6) is 2.55. The third-order valence-electron chi connectivity index (χ3n) is 6.65. The van der Waals surface area contributed by atoms with Gasteiger partial charge < -0.3 is 18.1 Å². The quantitative estimate of drug-likeness (QED) is 0.209. The topological polar surface area (TPSA) is 43.4 Å².